The Morgan fingerprint density at radius 3 is 2.65 bits per heavy atom. The molecule has 0 radical (unpaired) electrons. The molecule has 0 unspecified atom stereocenters. The van der Waals surface area contributed by atoms with E-state index in [0.29, 0.717) is 16.3 Å². The molecule has 2 aromatic rings. The smallest absolute Gasteiger partial charge is 0.170 e. The molecule has 20 heavy (non-hydrogen) atoms. The van der Waals surface area contributed by atoms with E-state index in [2.05, 4.69) is 0 Å². The summed E-state index contributed by atoms with van der Waals surface area (Å²) in [4.78, 5) is 12.2. The summed E-state index contributed by atoms with van der Waals surface area (Å²) in [6, 6.07) is 9.60. The number of ether oxygens (including phenoxy) is 1. The van der Waals surface area contributed by atoms with Crippen LogP contribution in [-0.4, -0.2) is 12.9 Å². The monoisotopic (exact) mass is 292 g/mol. The number of halogens is 2. The van der Waals surface area contributed by atoms with E-state index in [0.717, 1.165) is 5.56 Å². The van der Waals surface area contributed by atoms with E-state index >= 15 is 0 Å². The fourth-order valence-corrected chi connectivity index (χ4v) is 2.19. The van der Waals surface area contributed by atoms with Gasteiger partial charge in [-0.25, -0.2) is 4.39 Å². The number of hydrogen-bond donors (Lipinski definition) is 0. The van der Waals surface area contributed by atoms with Crippen molar-refractivity contribution in [3.05, 3.63) is 63.9 Å². The first-order valence-electron chi connectivity index (χ1n) is 6.13. The predicted octanol–water partition coefficient (Wildman–Crippen LogP) is 4.22. The molecule has 0 saturated heterocycles. The Kier molecular flexibility index (Phi) is 4.40. The third-order valence-electron chi connectivity index (χ3n) is 3.02. The normalized spacial score (nSPS) is 10.4. The average molecular weight is 293 g/mol. The molecule has 0 aromatic heterocycles. The Labute approximate surface area is 122 Å². The van der Waals surface area contributed by atoms with Crippen molar-refractivity contribution < 1.29 is 13.9 Å². The van der Waals surface area contributed by atoms with Crippen molar-refractivity contribution in [3.63, 3.8) is 0 Å². The zero-order valence-corrected chi connectivity index (χ0v) is 12.0. The summed E-state index contributed by atoms with van der Waals surface area (Å²) >= 11 is 5.91. The lowest BCUT2D eigenvalue weighted by molar-refractivity contribution is 0.0988. The van der Waals surface area contributed by atoms with Crippen LogP contribution in [0.25, 0.3) is 0 Å². The van der Waals surface area contributed by atoms with Crippen LogP contribution in [0.2, 0.25) is 5.02 Å². The average Bonchev–Trinajstić information content (AvgIpc) is 2.38. The molecule has 0 fully saturated rings. The van der Waals surface area contributed by atoms with Crippen molar-refractivity contribution in [1.29, 1.82) is 0 Å². The molecule has 0 aliphatic rings. The first-order chi connectivity index (χ1) is 9.51. The third kappa shape index (κ3) is 3.17. The number of Topliss-reactive ketones (excluding diaryl/α,β-unsaturated/α-hetero) is 1. The standard InChI is InChI=1S/C16H14ClFO2/c1-10-3-5-13(14(18)7-10)15(19)9-11-8-12(17)4-6-16(11)20-2/h3-8H,9H2,1-2H3. The van der Waals surface area contributed by atoms with Crippen LogP contribution in [0.4, 0.5) is 4.39 Å². The van der Waals surface area contributed by atoms with Crippen molar-refractivity contribution in [2.75, 3.05) is 7.11 Å². The molecule has 0 spiro atoms. The second-order valence-corrected chi connectivity index (χ2v) is 4.98. The van der Waals surface area contributed by atoms with Gasteiger partial charge in [0.05, 0.1) is 12.7 Å². The molecule has 2 nitrogen and oxygen atoms in total. The maximum atomic E-state index is 13.8. The molecule has 104 valence electrons. The lowest BCUT2D eigenvalue weighted by atomic mass is 10.0. The molecule has 0 atom stereocenters. The van der Waals surface area contributed by atoms with Gasteiger partial charge >= 0.3 is 0 Å². The summed E-state index contributed by atoms with van der Waals surface area (Å²) in [7, 11) is 1.52. The lowest BCUT2D eigenvalue weighted by Gasteiger charge is -2.09. The van der Waals surface area contributed by atoms with E-state index in [1.54, 1.807) is 31.2 Å². The first kappa shape index (κ1) is 14.5. The Balaban J connectivity index is 2.30. The first-order valence-corrected chi connectivity index (χ1v) is 6.51. The van der Waals surface area contributed by atoms with Crippen molar-refractivity contribution in [3.8, 4) is 5.75 Å². The van der Waals surface area contributed by atoms with Gasteiger partial charge in [0.1, 0.15) is 11.6 Å². The Bertz CT molecular complexity index is 653. The maximum Gasteiger partial charge on any atom is 0.170 e. The summed E-state index contributed by atoms with van der Waals surface area (Å²) in [5, 5.41) is 0.512. The number of aryl methyl sites for hydroxylation is 1. The van der Waals surface area contributed by atoms with Gasteiger partial charge in [0.2, 0.25) is 0 Å². The number of carbonyl (C=O) groups is 1. The fraction of sp³-hybridized carbons (Fsp3) is 0.188. The van der Waals surface area contributed by atoms with Gasteiger partial charge in [-0.3, -0.25) is 4.79 Å². The fourth-order valence-electron chi connectivity index (χ4n) is 2.00. The summed E-state index contributed by atoms with van der Waals surface area (Å²) in [5.74, 6) is -0.241. The van der Waals surface area contributed by atoms with Crippen LogP contribution in [-0.2, 0) is 6.42 Å². The highest BCUT2D eigenvalue weighted by molar-refractivity contribution is 6.30. The number of rotatable bonds is 4. The van der Waals surface area contributed by atoms with Gasteiger partial charge < -0.3 is 4.74 Å². The van der Waals surface area contributed by atoms with Gasteiger partial charge in [0, 0.05) is 17.0 Å². The van der Waals surface area contributed by atoms with Crippen LogP contribution in [0, 0.1) is 12.7 Å². The van der Waals surface area contributed by atoms with Crippen LogP contribution in [0.15, 0.2) is 36.4 Å². The van der Waals surface area contributed by atoms with Gasteiger partial charge in [0.15, 0.2) is 5.78 Å². The molecule has 0 aliphatic heterocycles. The highest BCUT2D eigenvalue weighted by Crippen LogP contribution is 2.24. The topological polar surface area (TPSA) is 26.3 Å². The summed E-state index contributed by atoms with van der Waals surface area (Å²) in [5.41, 5.74) is 1.50. The molecule has 0 saturated carbocycles. The second-order valence-electron chi connectivity index (χ2n) is 4.54. The number of hydrogen-bond acceptors (Lipinski definition) is 2. The van der Waals surface area contributed by atoms with Crippen LogP contribution in [0.3, 0.4) is 0 Å². The largest absolute Gasteiger partial charge is 0.496 e. The molecule has 0 N–H and O–H groups in total. The Morgan fingerprint density at radius 1 is 1.25 bits per heavy atom. The summed E-state index contributed by atoms with van der Waals surface area (Å²) < 4.78 is 19.0. The van der Waals surface area contributed by atoms with E-state index in [4.69, 9.17) is 16.3 Å². The minimum atomic E-state index is -0.504. The summed E-state index contributed by atoms with van der Waals surface area (Å²) in [6.07, 6.45) is 0.0454. The zero-order valence-electron chi connectivity index (χ0n) is 11.2. The molecule has 2 aromatic carbocycles. The highest BCUT2D eigenvalue weighted by atomic mass is 35.5. The Hall–Kier alpha value is -1.87. The van der Waals surface area contributed by atoms with Crippen molar-refractivity contribution in [1.82, 2.24) is 0 Å². The van der Waals surface area contributed by atoms with Crippen molar-refractivity contribution in [2.45, 2.75) is 13.3 Å². The highest BCUT2D eigenvalue weighted by Gasteiger charge is 2.15. The van der Waals surface area contributed by atoms with Crippen LogP contribution >= 0.6 is 11.6 Å². The third-order valence-corrected chi connectivity index (χ3v) is 3.25. The molecule has 4 heteroatoms. The number of ketones is 1. The number of methoxy groups -OCH3 is 1. The molecule has 2 rings (SSSR count). The molecule has 0 aliphatic carbocycles. The molecule has 0 bridgehead atoms. The van der Waals surface area contributed by atoms with Gasteiger partial charge in [0.25, 0.3) is 0 Å². The van der Waals surface area contributed by atoms with Crippen LogP contribution in [0.1, 0.15) is 21.5 Å². The predicted molar refractivity (Wildman–Crippen MR) is 77.2 cm³/mol. The van der Waals surface area contributed by atoms with Gasteiger partial charge in [-0.2, -0.15) is 0 Å². The zero-order chi connectivity index (χ0) is 14.7. The van der Waals surface area contributed by atoms with E-state index in [1.165, 1.54) is 19.2 Å². The van der Waals surface area contributed by atoms with Crippen molar-refractivity contribution in [2.24, 2.45) is 0 Å². The Morgan fingerprint density at radius 2 is 2.00 bits per heavy atom. The lowest BCUT2D eigenvalue weighted by Crippen LogP contribution is -2.07. The second kappa shape index (κ2) is 6.06. The van der Waals surface area contributed by atoms with Crippen LogP contribution in [0.5, 0.6) is 5.75 Å². The van der Waals surface area contributed by atoms with E-state index < -0.39 is 5.82 Å². The quantitative estimate of drug-likeness (QED) is 0.789. The molecular formula is C16H14ClFO2. The minimum absolute atomic E-state index is 0.0454. The summed E-state index contributed by atoms with van der Waals surface area (Å²) in [6.45, 7) is 1.78. The number of carbonyl (C=O) groups excluding carboxylic acids is 1. The SMILES string of the molecule is COc1ccc(Cl)cc1CC(=O)c1ccc(C)cc1F. The van der Waals surface area contributed by atoms with Gasteiger partial charge in [-0.05, 0) is 42.8 Å². The van der Waals surface area contributed by atoms with E-state index in [-0.39, 0.29) is 17.8 Å². The van der Waals surface area contributed by atoms with Gasteiger partial charge in [-0.15, -0.1) is 0 Å². The van der Waals surface area contributed by atoms with Gasteiger partial charge in [-0.1, -0.05) is 17.7 Å². The van der Waals surface area contributed by atoms with Crippen LogP contribution < -0.4 is 4.74 Å². The number of benzene rings is 2. The van der Waals surface area contributed by atoms with E-state index in [1.807, 2.05) is 0 Å². The van der Waals surface area contributed by atoms with Crippen molar-refractivity contribution >= 4 is 17.4 Å². The molecule has 0 heterocycles. The molecular weight excluding hydrogens is 279 g/mol. The minimum Gasteiger partial charge on any atom is -0.496 e. The van der Waals surface area contributed by atoms with E-state index in [9.17, 15) is 9.18 Å². The maximum absolute atomic E-state index is 13.8. The molecule has 0 amide bonds.